The first-order valence-corrected chi connectivity index (χ1v) is 6.87. The molecule has 0 radical (unpaired) electrons. The zero-order valence-electron chi connectivity index (χ0n) is 11.5. The lowest BCUT2D eigenvalue weighted by atomic mass is 10.2. The topological polar surface area (TPSA) is 62.8 Å². The molecule has 1 aromatic rings. The van der Waals surface area contributed by atoms with Gasteiger partial charge >= 0.3 is 6.03 Å². The fraction of sp³-hybridized carbons (Fsp3) is 0.500. The second-order valence-electron chi connectivity index (χ2n) is 5.15. The van der Waals surface area contributed by atoms with Gasteiger partial charge in [-0.15, -0.1) is 0 Å². The number of carbonyl (C=O) groups excluding carboxylic acids is 1. The Kier molecular flexibility index (Phi) is 3.64. The number of rotatable bonds is 2. The molecule has 6 heteroatoms. The van der Waals surface area contributed by atoms with Crippen LogP contribution >= 0.6 is 0 Å². The molecule has 1 unspecified atom stereocenters. The Morgan fingerprint density at radius 2 is 2.30 bits per heavy atom. The van der Waals surface area contributed by atoms with Crippen LogP contribution in [-0.2, 0) is 6.54 Å². The molecule has 0 aromatic heterocycles. The van der Waals surface area contributed by atoms with Crippen molar-refractivity contribution in [1.82, 2.24) is 15.5 Å². The molecule has 3 rings (SSSR count). The quantitative estimate of drug-likeness (QED) is 0.844. The average molecular weight is 277 g/mol. The Balaban J connectivity index is 1.55. The molecule has 20 heavy (non-hydrogen) atoms. The maximum Gasteiger partial charge on any atom is 0.317 e. The van der Waals surface area contributed by atoms with Gasteiger partial charge in [-0.1, -0.05) is 6.07 Å². The minimum absolute atomic E-state index is 0.0176. The van der Waals surface area contributed by atoms with Gasteiger partial charge in [0.05, 0.1) is 0 Å². The van der Waals surface area contributed by atoms with Gasteiger partial charge in [0, 0.05) is 32.2 Å². The number of fused-ring (bicyclic) bond motifs is 1. The fourth-order valence-corrected chi connectivity index (χ4v) is 2.46. The number of ether oxygens (including phenoxy) is 2. The van der Waals surface area contributed by atoms with Gasteiger partial charge in [0.25, 0.3) is 0 Å². The maximum absolute atomic E-state index is 12.1. The molecule has 2 amide bonds. The van der Waals surface area contributed by atoms with Gasteiger partial charge in [-0.3, -0.25) is 0 Å². The van der Waals surface area contributed by atoms with Crippen LogP contribution in [0.15, 0.2) is 18.2 Å². The van der Waals surface area contributed by atoms with Gasteiger partial charge in [0.1, 0.15) is 0 Å². The molecule has 1 atom stereocenters. The van der Waals surface area contributed by atoms with Gasteiger partial charge in [-0.05, 0) is 24.6 Å². The second-order valence-corrected chi connectivity index (χ2v) is 5.15. The summed E-state index contributed by atoms with van der Waals surface area (Å²) in [6.07, 6.45) is 0. The molecule has 2 heterocycles. The van der Waals surface area contributed by atoms with Crippen molar-refractivity contribution in [2.45, 2.75) is 19.5 Å². The molecule has 1 fully saturated rings. The molecule has 108 valence electrons. The number of benzene rings is 1. The highest BCUT2D eigenvalue weighted by Gasteiger charge is 2.20. The molecule has 0 bridgehead atoms. The first-order valence-electron chi connectivity index (χ1n) is 6.87. The van der Waals surface area contributed by atoms with E-state index in [-0.39, 0.29) is 12.8 Å². The third-order valence-corrected chi connectivity index (χ3v) is 3.54. The smallest absolute Gasteiger partial charge is 0.317 e. The first kappa shape index (κ1) is 13.1. The largest absolute Gasteiger partial charge is 0.454 e. The Labute approximate surface area is 118 Å². The van der Waals surface area contributed by atoms with Gasteiger partial charge in [0.2, 0.25) is 6.79 Å². The molecule has 0 saturated carbocycles. The van der Waals surface area contributed by atoms with Gasteiger partial charge < -0.3 is 25.0 Å². The van der Waals surface area contributed by atoms with E-state index in [1.807, 2.05) is 23.1 Å². The van der Waals surface area contributed by atoms with Gasteiger partial charge in [-0.25, -0.2) is 4.79 Å². The van der Waals surface area contributed by atoms with E-state index in [0.717, 1.165) is 36.7 Å². The lowest BCUT2D eigenvalue weighted by Gasteiger charge is -2.31. The van der Waals surface area contributed by atoms with Crippen molar-refractivity contribution in [1.29, 1.82) is 0 Å². The monoisotopic (exact) mass is 277 g/mol. The normalized spacial score (nSPS) is 20.9. The molecule has 0 spiro atoms. The molecule has 2 aliphatic heterocycles. The minimum atomic E-state index is -0.0176. The number of hydrogen-bond acceptors (Lipinski definition) is 4. The number of hydrogen-bond donors (Lipinski definition) is 2. The molecule has 1 aromatic carbocycles. The van der Waals surface area contributed by atoms with E-state index in [1.54, 1.807) is 0 Å². The first-order chi connectivity index (χ1) is 9.72. The molecular formula is C14H19N3O3. The fourth-order valence-electron chi connectivity index (χ4n) is 2.46. The zero-order chi connectivity index (χ0) is 13.9. The zero-order valence-corrected chi connectivity index (χ0v) is 11.5. The van der Waals surface area contributed by atoms with Crippen LogP contribution in [0.5, 0.6) is 11.5 Å². The van der Waals surface area contributed by atoms with Crippen LogP contribution in [0.4, 0.5) is 4.79 Å². The average Bonchev–Trinajstić information content (AvgIpc) is 2.92. The van der Waals surface area contributed by atoms with Crippen molar-refractivity contribution in [3.8, 4) is 11.5 Å². The van der Waals surface area contributed by atoms with E-state index in [2.05, 4.69) is 17.6 Å². The predicted octanol–water partition coefficient (Wildman–Crippen LogP) is 0.919. The van der Waals surface area contributed by atoms with E-state index < -0.39 is 0 Å². The lowest BCUT2D eigenvalue weighted by Crippen LogP contribution is -2.53. The Hall–Kier alpha value is -1.95. The Morgan fingerprint density at radius 3 is 3.15 bits per heavy atom. The highest BCUT2D eigenvalue weighted by Crippen LogP contribution is 2.32. The highest BCUT2D eigenvalue weighted by atomic mass is 16.7. The van der Waals surface area contributed by atoms with E-state index in [0.29, 0.717) is 12.6 Å². The van der Waals surface area contributed by atoms with Crippen molar-refractivity contribution in [2.24, 2.45) is 0 Å². The standard InChI is InChI=1S/C14H19N3O3/c1-10-8-17(5-4-15-10)14(18)16-7-11-2-3-12-13(6-11)20-9-19-12/h2-3,6,10,15H,4-5,7-9H2,1H3,(H,16,18). The van der Waals surface area contributed by atoms with E-state index in [1.165, 1.54) is 0 Å². The van der Waals surface area contributed by atoms with E-state index >= 15 is 0 Å². The van der Waals surface area contributed by atoms with Crippen LogP contribution in [0.3, 0.4) is 0 Å². The SMILES string of the molecule is CC1CN(C(=O)NCc2ccc3c(c2)OCO3)CCN1. The van der Waals surface area contributed by atoms with Crippen LogP contribution in [0.1, 0.15) is 12.5 Å². The number of urea groups is 1. The molecular weight excluding hydrogens is 258 g/mol. The molecule has 6 nitrogen and oxygen atoms in total. The van der Waals surface area contributed by atoms with Crippen LogP contribution in [-0.4, -0.2) is 43.4 Å². The summed E-state index contributed by atoms with van der Waals surface area (Å²) in [4.78, 5) is 13.9. The predicted molar refractivity (Wildman–Crippen MR) is 73.8 cm³/mol. The summed E-state index contributed by atoms with van der Waals surface area (Å²) in [5, 5.41) is 6.26. The van der Waals surface area contributed by atoms with Crippen LogP contribution in [0.2, 0.25) is 0 Å². The van der Waals surface area contributed by atoms with Crippen molar-refractivity contribution in [2.75, 3.05) is 26.4 Å². The van der Waals surface area contributed by atoms with Crippen molar-refractivity contribution < 1.29 is 14.3 Å². The second kappa shape index (κ2) is 5.58. The minimum Gasteiger partial charge on any atom is -0.454 e. The van der Waals surface area contributed by atoms with E-state index in [9.17, 15) is 4.79 Å². The van der Waals surface area contributed by atoms with Gasteiger partial charge in [0.15, 0.2) is 11.5 Å². The maximum atomic E-state index is 12.1. The van der Waals surface area contributed by atoms with E-state index in [4.69, 9.17) is 9.47 Å². The van der Waals surface area contributed by atoms with Crippen molar-refractivity contribution in [3.05, 3.63) is 23.8 Å². The summed E-state index contributed by atoms with van der Waals surface area (Å²) in [6.45, 7) is 5.18. The van der Waals surface area contributed by atoms with Crippen LogP contribution < -0.4 is 20.1 Å². The summed E-state index contributed by atoms with van der Waals surface area (Å²) in [7, 11) is 0. The number of amides is 2. The van der Waals surface area contributed by atoms with Crippen LogP contribution in [0, 0.1) is 0 Å². The molecule has 0 aliphatic carbocycles. The van der Waals surface area contributed by atoms with Crippen molar-refractivity contribution >= 4 is 6.03 Å². The summed E-state index contributed by atoms with van der Waals surface area (Å²) in [5.41, 5.74) is 1.01. The van der Waals surface area contributed by atoms with Gasteiger partial charge in [-0.2, -0.15) is 0 Å². The lowest BCUT2D eigenvalue weighted by molar-refractivity contribution is 0.173. The summed E-state index contributed by atoms with van der Waals surface area (Å²) < 4.78 is 10.6. The summed E-state index contributed by atoms with van der Waals surface area (Å²) in [5.74, 6) is 1.50. The summed E-state index contributed by atoms with van der Waals surface area (Å²) in [6, 6.07) is 6.05. The number of piperazine rings is 1. The summed E-state index contributed by atoms with van der Waals surface area (Å²) >= 11 is 0. The Morgan fingerprint density at radius 1 is 1.45 bits per heavy atom. The Bertz CT molecular complexity index is 506. The molecule has 2 aliphatic rings. The number of nitrogens with one attached hydrogen (secondary N) is 2. The number of nitrogens with zero attached hydrogens (tertiary/aromatic N) is 1. The third-order valence-electron chi connectivity index (χ3n) is 3.54. The number of carbonyl (C=O) groups is 1. The molecule has 1 saturated heterocycles. The van der Waals surface area contributed by atoms with Crippen molar-refractivity contribution in [3.63, 3.8) is 0 Å². The van der Waals surface area contributed by atoms with Crippen LogP contribution in [0.25, 0.3) is 0 Å². The molecule has 2 N–H and O–H groups in total. The highest BCUT2D eigenvalue weighted by molar-refractivity contribution is 5.74. The third kappa shape index (κ3) is 2.80.